The van der Waals surface area contributed by atoms with Crippen molar-refractivity contribution in [3.63, 3.8) is 0 Å². The van der Waals surface area contributed by atoms with Crippen LogP contribution in [0.4, 0.5) is 0 Å². The summed E-state index contributed by atoms with van der Waals surface area (Å²) in [6.45, 7) is 5.55. The Bertz CT molecular complexity index is 916. The van der Waals surface area contributed by atoms with Crippen molar-refractivity contribution in [1.29, 1.82) is 0 Å². The SMILES string of the molecule is C=Cc1ccc(OCc2ccccc2)c(-c2ccc3c(c2)OCCO3)c1. The summed E-state index contributed by atoms with van der Waals surface area (Å²) in [5.41, 5.74) is 4.21. The molecule has 130 valence electrons. The van der Waals surface area contributed by atoms with Gasteiger partial charge in [-0.1, -0.05) is 55.1 Å². The summed E-state index contributed by atoms with van der Waals surface area (Å²) in [5.74, 6) is 2.38. The maximum atomic E-state index is 6.11. The molecule has 4 rings (SSSR count). The molecule has 0 spiro atoms. The zero-order valence-corrected chi connectivity index (χ0v) is 14.5. The third-order valence-corrected chi connectivity index (χ3v) is 4.33. The third kappa shape index (κ3) is 3.42. The smallest absolute Gasteiger partial charge is 0.161 e. The average Bonchev–Trinajstić information content (AvgIpc) is 2.72. The van der Waals surface area contributed by atoms with Gasteiger partial charge in [-0.05, 0) is 41.0 Å². The second-order valence-corrected chi connectivity index (χ2v) is 6.09. The second-order valence-electron chi connectivity index (χ2n) is 6.09. The largest absolute Gasteiger partial charge is 0.488 e. The molecule has 0 N–H and O–H groups in total. The average molecular weight is 344 g/mol. The fourth-order valence-corrected chi connectivity index (χ4v) is 2.97. The molecular weight excluding hydrogens is 324 g/mol. The highest BCUT2D eigenvalue weighted by molar-refractivity contribution is 5.75. The van der Waals surface area contributed by atoms with Crippen LogP contribution in [0.1, 0.15) is 11.1 Å². The van der Waals surface area contributed by atoms with E-state index in [0.717, 1.165) is 39.5 Å². The summed E-state index contributed by atoms with van der Waals surface area (Å²) in [4.78, 5) is 0. The minimum atomic E-state index is 0.520. The van der Waals surface area contributed by atoms with Crippen molar-refractivity contribution in [3.05, 3.63) is 84.4 Å². The number of hydrogen-bond donors (Lipinski definition) is 0. The monoisotopic (exact) mass is 344 g/mol. The summed E-state index contributed by atoms with van der Waals surface area (Å²) in [5, 5.41) is 0. The third-order valence-electron chi connectivity index (χ3n) is 4.33. The molecular formula is C23H20O3. The van der Waals surface area contributed by atoms with E-state index < -0.39 is 0 Å². The van der Waals surface area contributed by atoms with Gasteiger partial charge in [0.15, 0.2) is 11.5 Å². The second kappa shape index (κ2) is 7.36. The molecule has 3 nitrogen and oxygen atoms in total. The Morgan fingerprint density at radius 2 is 1.69 bits per heavy atom. The maximum absolute atomic E-state index is 6.11. The summed E-state index contributed by atoms with van der Waals surface area (Å²) in [6, 6.07) is 22.2. The molecule has 3 heteroatoms. The van der Waals surface area contributed by atoms with Crippen LogP contribution in [0, 0.1) is 0 Å². The number of fused-ring (bicyclic) bond motifs is 1. The van der Waals surface area contributed by atoms with Crippen LogP contribution in [0.2, 0.25) is 0 Å². The van der Waals surface area contributed by atoms with Crippen molar-refractivity contribution in [2.24, 2.45) is 0 Å². The molecule has 0 bridgehead atoms. The van der Waals surface area contributed by atoms with E-state index in [1.165, 1.54) is 0 Å². The molecule has 0 atom stereocenters. The molecule has 0 radical (unpaired) electrons. The molecule has 1 aliphatic rings. The predicted octanol–water partition coefficient (Wildman–Crippen LogP) is 5.35. The maximum Gasteiger partial charge on any atom is 0.161 e. The molecule has 0 saturated heterocycles. The molecule has 3 aromatic rings. The van der Waals surface area contributed by atoms with Crippen molar-refractivity contribution in [3.8, 4) is 28.4 Å². The molecule has 1 aliphatic heterocycles. The predicted molar refractivity (Wildman–Crippen MR) is 104 cm³/mol. The number of rotatable bonds is 5. The Morgan fingerprint density at radius 3 is 2.50 bits per heavy atom. The molecule has 0 fully saturated rings. The standard InChI is InChI=1S/C23H20O3/c1-2-17-8-10-21(26-16-18-6-4-3-5-7-18)20(14-17)19-9-11-22-23(15-19)25-13-12-24-22/h2-11,14-15H,1,12-13,16H2. The summed E-state index contributed by atoms with van der Waals surface area (Å²) in [7, 11) is 0. The van der Waals surface area contributed by atoms with E-state index in [2.05, 4.69) is 24.8 Å². The fourth-order valence-electron chi connectivity index (χ4n) is 2.97. The molecule has 0 saturated carbocycles. The summed E-state index contributed by atoms with van der Waals surface area (Å²) in [6.07, 6.45) is 1.84. The first-order valence-corrected chi connectivity index (χ1v) is 8.67. The van der Waals surface area contributed by atoms with Crippen LogP contribution in [0.5, 0.6) is 17.2 Å². The van der Waals surface area contributed by atoms with E-state index in [-0.39, 0.29) is 0 Å². The zero-order valence-electron chi connectivity index (χ0n) is 14.5. The highest BCUT2D eigenvalue weighted by atomic mass is 16.6. The topological polar surface area (TPSA) is 27.7 Å². The van der Waals surface area contributed by atoms with Gasteiger partial charge in [-0.15, -0.1) is 0 Å². The Balaban J connectivity index is 1.68. The van der Waals surface area contributed by atoms with Gasteiger partial charge >= 0.3 is 0 Å². The van der Waals surface area contributed by atoms with Gasteiger partial charge in [0, 0.05) is 5.56 Å². The van der Waals surface area contributed by atoms with Crippen molar-refractivity contribution >= 4 is 6.08 Å². The van der Waals surface area contributed by atoms with Crippen molar-refractivity contribution in [2.45, 2.75) is 6.61 Å². The molecule has 3 aromatic carbocycles. The van der Waals surface area contributed by atoms with Crippen LogP contribution in [0.25, 0.3) is 17.2 Å². The van der Waals surface area contributed by atoms with E-state index in [1.807, 2.05) is 54.6 Å². The van der Waals surface area contributed by atoms with Crippen LogP contribution in [0.3, 0.4) is 0 Å². The lowest BCUT2D eigenvalue weighted by atomic mass is 10.0. The molecule has 0 amide bonds. The Morgan fingerprint density at radius 1 is 0.885 bits per heavy atom. The number of ether oxygens (including phenoxy) is 3. The van der Waals surface area contributed by atoms with Crippen LogP contribution >= 0.6 is 0 Å². The van der Waals surface area contributed by atoms with Gasteiger partial charge in [0.1, 0.15) is 25.6 Å². The first-order chi connectivity index (χ1) is 12.8. The summed E-state index contributed by atoms with van der Waals surface area (Å²) >= 11 is 0. The lowest BCUT2D eigenvalue weighted by molar-refractivity contribution is 0.171. The minimum Gasteiger partial charge on any atom is -0.488 e. The molecule has 1 heterocycles. The molecule has 0 aliphatic carbocycles. The lowest BCUT2D eigenvalue weighted by Crippen LogP contribution is -2.15. The van der Waals surface area contributed by atoms with Gasteiger partial charge in [-0.2, -0.15) is 0 Å². The summed E-state index contributed by atoms with van der Waals surface area (Å²) < 4.78 is 17.5. The highest BCUT2D eigenvalue weighted by Gasteiger charge is 2.15. The fraction of sp³-hybridized carbons (Fsp3) is 0.130. The van der Waals surface area contributed by atoms with Gasteiger partial charge in [0.2, 0.25) is 0 Å². The zero-order chi connectivity index (χ0) is 17.8. The highest BCUT2D eigenvalue weighted by Crippen LogP contribution is 2.38. The van der Waals surface area contributed by atoms with Crippen LogP contribution in [-0.2, 0) is 6.61 Å². The van der Waals surface area contributed by atoms with Crippen LogP contribution in [0.15, 0.2) is 73.3 Å². The van der Waals surface area contributed by atoms with Crippen molar-refractivity contribution in [2.75, 3.05) is 13.2 Å². The van der Waals surface area contributed by atoms with Crippen molar-refractivity contribution < 1.29 is 14.2 Å². The molecule has 26 heavy (non-hydrogen) atoms. The van der Waals surface area contributed by atoms with Crippen molar-refractivity contribution in [1.82, 2.24) is 0 Å². The number of hydrogen-bond acceptors (Lipinski definition) is 3. The van der Waals surface area contributed by atoms with Crippen LogP contribution < -0.4 is 14.2 Å². The van der Waals surface area contributed by atoms with Gasteiger partial charge in [-0.25, -0.2) is 0 Å². The Kier molecular flexibility index (Phi) is 4.61. The molecule has 0 unspecified atom stereocenters. The van der Waals surface area contributed by atoms with E-state index in [1.54, 1.807) is 0 Å². The minimum absolute atomic E-state index is 0.520. The van der Waals surface area contributed by atoms with Gasteiger partial charge in [0.25, 0.3) is 0 Å². The normalized spacial score (nSPS) is 12.5. The Hall–Kier alpha value is -3.20. The van der Waals surface area contributed by atoms with E-state index in [4.69, 9.17) is 14.2 Å². The lowest BCUT2D eigenvalue weighted by Gasteiger charge is -2.20. The number of benzene rings is 3. The first-order valence-electron chi connectivity index (χ1n) is 8.67. The molecule has 0 aromatic heterocycles. The van der Waals surface area contributed by atoms with Crippen LogP contribution in [-0.4, -0.2) is 13.2 Å². The van der Waals surface area contributed by atoms with E-state index in [0.29, 0.717) is 19.8 Å². The van der Waals surface area contributed by atoms with E-state index >= 15 is 0 Å². The van der Waals surface area contributed by atoms with E-state index in [9.17, 15) is 0 Å². The van der Waals surface area contributed by atoms with Gasteiger partial charge < -0.3 is 14.2 Å². The quantitative estimate of drug-likeness (QED) is 0.625. The first kappa shape index (κ1) is 16.3. The van der Waals surface area contributed by atoms with Gasteiger partial charge in [0.05, 0.1) is 0 Å². The van der Waals surface area contributed by atoms with Gasteiger partial charge in [-0.3, -0.25) is 0 Å². The Labute approximate surface area is 153 Å².